The van der Waals surface area contributed by atoms with Crippen LogP contribution in [0.25, 0.3) is 5.57 Å². The summed E-state index contributed by atoms with van der Waals surface area (Å²) in [6.07, 6.45) is 3.90. The topological polar surface area (TPSA) is 37.3 Å². The molecule has 0 aromatic heterocycles. The van der Waals surface area contributed by atoms with Crippen molar-refractivity contribution in [3.63, 3.8) is 0 Å². The molecule has 0 fully saturated rings. The Kier molecular flexibility index (Phi) is 7.62. The molecule has 0 aliphatic heterocycles. The maximum absolute atomic E-state index is 9.96. The lowest BCUT2D eigenvalue weighted by atomic mass is 10.1. The van der Waals surface area contributed by atoms with Crippen molar-refractivity contribution in [3.8, 4) is 0 Å². The van der Waals surface area contributed by atoms with Crippen LogP contribution < -0.4 is 0 Å². The summed E-state index contributed by atoms with van der Waals surface area (Å²) >= 11 is 0. The summed E-state index contributed by atoms with van der Waals surface area (Å²) in [7, 11) is 0. The van der Waals surface area contributed by atoms with E-state index in [0.717, 1.165) is 11.6 Å². The first-order valence-electron chi connectivity index (χ1n) is 5.41. The average molecular weight is 242 g/mol. The molecular formula is C16H18O2. The Labute approximate surface area is 108 Å². The molecule has 1 aromatic carbocycles. The van der Waals surface area contributed by atoms with Gasteiger partial charge >= 0.3 is 5.97 Å². The molecule has 0 saturated heterocycles. The van der Waals surface area contributed by atoms with E-state index in [-0.39, 0.29) is 0 Å². The summed E-state index contributed by atoms with van der Waals surface area (Å²) < 4.78 is 0. The van der Waals surface area contributed by atoms with Crippen LogP contribution in [0.5, 0.6) is 0 Å². The van der Waals surface area contributed by atoms with E-state index in [4.69, 9.17) is 5.11 Å². The zero-order chi connectivity index (χ0) is 14.0. The van der Waals surface area contributed by atoms with Gasteiger partial charge in [0.25, 0.3) is 0 Å². The molecule has 0 atom stereocenters. The molecule has 0 aliphatic carbocycles. The Morgan fingerprint density at radius 2 is 1.67 bits per heavy atom. The number of carbonyl (C=O) groups is 1. The number of hydrogen-bond acceptors (Lipinski definition) is 1. The number of rotatable bonds is 4. The van der Waals surface area contributed by atoms with Gasteiger partial charge in [0.05, 0.1) is 0 Å². The number of benzene rings is 1. The molecule has 0 bridgehead atoms. The summed E-state index contributed by atoms with van der Waals surface area (Å²) in [5.41, 5.74) is 2.86. The fourth-order valence-electron chi connectivity index (χ4n) is 1.07. The van der Waals surface area contributed by atoms with E-state index in [1.165, 1.54) is 17.7 Å². The molecule has 18 heavy (non-hydrogen) atoms. The lowest BCUT2D eigenvalue weighted by Crippen LogP contribution is -1.87. The van der Waals surface area contributed by atoms with Crippen molar-refractivity contribution >= 4 is 11.5 Å². The Morgan fingerprint density at radius 1 is 1.17 bits per heavy atom. The number of allylic oxidation sites excluding steroid dienone is 4. The molecule has 0 spiro atoms. The summed E-state index contributed by atoms with van der Waals surface area (Å²) in [6, 6.07) is 10.2. The SMILES string of the molecule is C=C(C)c1ccccc1.C=CC(C=C)=CC(=O)O. The highest BCUT2D eigenvalue weighted by Crippen LogP contribution is 2.08. The Bertz CT molecular complexity index is 443. The third kappa shape index (κ3) is 7.01. The second-order valence-electron chi connectivity index (χ2n) is 3.54. The van der Waals surface area contributed by atoms with Crippen LogP contribution >= 0.6 is 0 Å². The van der Waals surface area contributed by atoms with Crippen molar-refractivity contribution < 1.29 is 9.90 Å². The van der Waals surface area contributed by atoms with Crippen molar-refractivity contribution in [2.75, 3.05) is 0 Å². The molecule has 0 unspecified atom stereocenters. The second kappa shape index (κ2) is 8.76. The maximum atomic E-state index is 9.96. The van der Waals surface area contributed by atoms with Crippen LogP contribution in [-0.2, 0) is 4.79 Å². The van der Waals surface area contributed by atoms with E-state index in [9.17, 15) is 4.79 Å². The van der Waals surface area contributed by atoms with Crippen molar-refractivity contribution in [1.82, 2.24) is 0 Å². The maximum Gasteiger partial charge on any atom is 0.328 e. The van der Waals surface area contributed by atoms with E-state index in [0.29, 0.717) is 5.57 Å². The van der Waals surface area contributed by atoms with Crippen molar-refractivity contribution in [2.45, 2.75) is 6.92 Å². The molecule has 1 aromatic rings. The third-order valence-corrected chi connectivity index (χ3v) is 2.03. The highest BCUT2D eigenvalue weighted by Gasteiger charge is 1.88. The quantitative estimate of drug-likeness (QED) is 0.637. The molecule has 0 saturated carbocycles. The minimum Gasteiger partial charge on any atom is -0.478 e. The molecule has 0 radical (unpaired) electrons. The largest absolute Gasteiger partial charge is 0.478 e. The van der Waals surface area contributed by atoms with E-state index < -0.39 is 5.97 Å². The van der Waals surface area contributed by atoms with Crippen molar-refractivity contribution in [3.05, 3.63) is 79.4 Å². The van der Waals surface area contributed by atoms with Crippen molar-refractivity contribution in [1.29, 1.82) is 0 Å². The number of aliphatic carboxylic acids is 1. The Morgan fingerprint density at radius 3 is 1.89 bits per heavy atom. The minimum absolute atomic E-state index is 0.516. The summed E-state index contributed by atoms with van der Waals surface area (Å²) in [6.45, 7) is 12.6. The van der Waals surface area contributed by atoms with Gasteiger partial charge in [-0.2, -0.15) is 0 Å². The van der Waals surface area contributed by atoms with E-state index >= 15 is 0 Å². The van der Waals surface area contributed by atoms with Gasteiger partial charge in [0.1, 0.15) is 0 Å². The molecule has 0 amide bonds. The van der Waals surface area contributed by atoms with E-state index in [2.05, 4.69) is 31.9 Å². The predicted molar refractivity (Wildman–Crippen MR) is 77.3 cm³/mol. The van der Waals surface area contributed by atoms with Gasteiger partial charge in [-0.15, -0.1) is 0 Å². The monoisotopic (exact) mass is 242 g/mol. The zero-order valence-corrected chi connectivity index (χ0v) is 10.6. The van der Waals surface area contributed by atoms with Crippen LogP contribution in [0.2, 0.25) is 0 Å². The smallest absolute Gasteiger partial charge is 0.328 e. The molecule has 2 nitrogen and oxygen atoms in total. The normalized spacial score (nSPS) is 8.28. The fraction of sp³-hybridized carbons (Fsp3) is 0.0625. The second-order valence-corrected chi connectivity index (χ2v) is 3.54. The van der Waals surface area contributed by atoms with Crippen LogP contribution in [0, 0.1) is 0 Å². The molecule has 2 heteroatoms. The van der Waals surface area contributed by atoms with Gasteiger partial charge in [0.15, 0.2) is 0 Å². The van der Waals surface area contributed by atoms with Crippen LogP contribution in [0.3, 0.4) is 0 Å². The van der Waals surface area contributed by atoms with Crippen LogP contribution in [-0.4, -0.2) is 11.1 Å². The van der Waals surface area contributed by atoms with Gasteiger partial charge in [0, 0.05) is 6.08 Å². The van der Waals surface area contributed by atoms with E-state index in [1.807, 2.05) is 25.1 Å². The predicted octanol–water partition coefficient (Wildman–Crippen LogP) is 4.09. The first-order valence-corrected chi connectivity index (χ1v) is 5.41. The van der Waals surface area contributed by atoms with Gasteiger partial charge in [-0.1, -0.05) is 67.8 Å². The number of carboxylic acids is 1. The summed E-state index contributed by atoms with van der Waals surface area (Å²) in [4.78, 5) is 9.96. The molecule has 1 N–H and O–H groups in total. The first kappa shape index (κ1) is 15.7. The highest BCUT2D eigenvalue weighted by molar-refractivity contribution is 5.81. The van der Waals surface area contributed by atoms with Gasteiger partial charge < -0.3 is 5.11 Å². The number of carboxylic acid groups (broad SMARTS) is 1. The van der Waals surface area contributed by atoms with E-state index in [1.54, 1.807) is 0 Å². The summed E-state index contributed by atoms with van der Waals surface area (Å²) in [5.74, 6) is -0.982. The molecule has 94 valence electrons. The highest BCUT2D eigenvalue weighted by atomic mass is 16.4. The van der Waals surface area contributed by atoms with Gasteiger partial charge in [0.2, 0.25) is 0 Å². The van der Waals surface area contributed by atoms with Gasteiger partial charge in [-0.25, -0.2) is 4.79 Å². The standard InChI is InChI=1S/C9H10.C7H8O2/c1-8(2)9-6-4-3-5-7-9;1-3-6(4-2)5-7(8)9/h3-7H,1H2,2H3;3-5H,1-2H2,(H,8,9). The third-order valence-electron chi connectivity index (χ3n) is 2.03. The molecule has 1 rings (SSSR count). The van der Waals surface area contributed by atoms with Crippen LogP contribution in [0.4, 0.5) is 0 Å². The van der Waals surface area contributed by atoms with Crippen LogP contribution in [0.1, 0.15) is 12.5 Å². The number of hydrogen-bond donors (Lipinski definition) is 1. The molecular weight excluding hydrogens is 224 g/mol. The van der Waals surface area contributed by atoms with Gasteiger partial charge in [-0.3, -0.25) is 0 Å². The molecule has 0 aliphatic rings. The average Bonchev–Trinajstić information content (AvgIpc) is 2.37. The molecule has 0 heterocycles. The van der Waals surface area contributed by atoms with Gasteiger partial charge in [-0.05, 0) is 18.1 Å². The minimum atomic E-state index is -0.982. The fourth-order valence-corrected chi connectivity index (χ4v) is 1.07. The van der Waals surface area contributed by atoms with Crippen molar-refractivity contribution in [2.24, 2.45) is 0 Å². The Hall–Kier alpha value is -2.35. The summed E-state index contributed by atoms with van der Waals surface area (Å²) in [5, 5.41) is 8.17. The van der Waals surface area contributed by atoms with Crippen LogP contribution in [0.15, 0.2) is 73.9 Å². The first-order chi connectivity index (χ1) is 8.51. The zero-order valence-electron chi connectivity index (χ0n) is 10.6. The Balaban J connectivity index is 0.000000321. The lowest BCUT2D eigenvalue weighted by Gasteiger charge is -1.94. The lowest BCUT2D eigenvalue weighted by molar-refractivity contribution is -0.131.